The first-order valence-corrected chi connectivity index (χ1v) is 8.56. The molecule has 0 saturated carbocycles. The zero-order chi connectivity index (χ0) is 16.8. The van der Waals surface area contributed by atoms with Crippen molar-refractivity contribution in [3.8, 4) is 0 Å². The van der Waals surface area contributed by atoms with Crippen LogP contribution in [-0.4, -0.2) is 32.2 Å². The molecule has 2 aromatic heterocycles. The van der Waals surface area contributed by atoms with Crippen molar-refractivity contribution in [2.75, 3.05) is 6.54 Å². The molecule has 24 heavy (non-hydrogen) atoms. The van der Waals surface area contributed by atoms with Crippen LogP contribution in [0.4, 0.5) is 0 Å². The molecule has 0 aromatic carbocycles. The Labute approximate surface area is 140 Å². The van der Waals surface area contributed by atoms with Crippen LogP contribution in [0, 0.1) is 0 Å². The van der Waals surface area contributed by atoms with E-state index in [0.29, 0.717) is 6.54 Å². The molecule has 7 heteroatoms. The zero-order valence-electron chi connectivity index (χ0n) is 13.8. The number of carbonyl (C=O) groups is 1. The van der Waals surface area contributed by atoms with Gasteiger partial charge in [0, 0.05) is 31.0 Å². The number of aromatic amines is 1. The van der Waals surface area contributed by atoms with Crippen molar-refractivity contribution in [3.63, 3.8) is 0 Å². The molecular formula is C17H23N5O2. The molecule has 1 aliphatic carbocycles. The van der Waals surface area contributed by atoms with E-state index in [-0.39, 0.29) is 17.9 Å². The van der Waals surface area contributed by atoms with E-state index in [9.17, 15) is 9.59 Å². The monoisotopic (exact) mass is 329 g/mol. The number of carbonyl (C=O) groups excluding carboxylic acids is 1. The minimum Gasteiger partial charge on any atom is -0.356 e. The van der Waals surface area contributed by atoms with Crippen LogP contribution in [0.15, 0.2) is 23.5 Å². The molecule has 2 aromatic rings. The lowest BCUT2D eigenvalue weighted by molar-refractivity contribution is -0.120. The number of aryl methyl sites for hydroxylation is 1. The second kappa shape index (κ2) is 7.90. The fourth-order valence-electron chi connectivity index (χ4n) is 3.15. The van der Waals surface area contributed by atoms with Crippen LogP contribution >= 0.6 is 0 Å². The van der Waals surface area contributed by atoms with Gasteiger partial charge in [-0.15, -0.1) is 0 Å². The summed E-state index contributed by atoms with van der Waals surface area (Å²) in [5, 5.41) is 9.57. The van der Waals surface area contributed by atoms with Crippen molar-refractivity contribution in [2.45, 2.75) is 51.5 Å². The quantitative estimate of drug-likeness (QED) is 0.741. The second-order valence-electron chi connectivity index (χ2n) is 6.20. The van der Waals surface area contributed by atoms with Crippen LogP contribution in [0.5, 0.6) is 0 Å². The Bertz CT molecular complexity index is 736. The number of imidazole rings is 1. The summed E-state index contributed by atoms with van der Waals surface area (Å²) in [6.45, 7) is 1.56. The molecule has 0 unspecified atom stereocenters. The van der Waals surface area contributed by atoms with Crippen LogP contribution in [-0.2, 0) is 30.6 Å². The Hall–Kier alpha value is -2.44. The average molecular weight is 329 g/mol. The summed E-state index contributed by atoms with van der Waals surface area (Å²) in [7, 11) is 0. The number of H-pyrrole nitrogens is 1. The average Bonchev–Trinajstić information content (AvgIpc) is 3.11. The first-order chi connectivity index (χ1) is 11.7. The van der Waals surface area contributed by atoms with Gasteiger partial charge in [0.15, 0.2) is 0 Å². The van der Waals surface area contributed by atoms with Crippen molar-refractivity contribution in [3.05, 3.63) is 45.9 Å². The van der Waals surface area contributed by atoms with Crippen LogP contribution in [0.25, 0.3) is 0 Å². The van der Waals surface area contributed by atoms with Crippen molar-refractivity contribution in [1.82, 2.24) is 25.1 Å². The van der Waals surface area contributed by atoms with Gasteiger partial charge in [-0.3, -0.25) is 9.59 Å². The third kappa shape index (κ3) is 4.10. The third-order valence-electron chi connectivity index (χ3n) is 4.44. The molecule has 2 N–H and O–H groups in total. The van der Waals surface area contributed by atoms with Crippen molar-refractivity contribution in [1.29, 1.82) is 0 Å². The SMILES string of the molecule is O=C(Cc1n[nH]c(=O)c2c1CCCC2)NCCCCn1ccnc1. The standard InChI is InChI=1S/C17H23N5O2/c23-16(19-7-3-4-9-22-10-8-18-12-22)11-15-13-5-1-2-6-14(13)17(24)21-20-15/h8,10,12H,1-7,9,11H2,(H,19,23)(H,21,24). The van der Waals surface area contributed by atoms with Gasteiger partial charge in [0.1, 0.15) is 0 Å². The van der Waals surface area contributed by atoms with Crippen LogP contribution in [0.1, 0.15) is 42.5 Å². The molecular weight excluding hydrogens is 306 g/mol. The molecule has 0 saturated heterocycles. The van der Waals surface area contributed by atoms with E-state index in [4.69, 9.17) is 0 Å². The van der Waals surface area contributed by atoms with Crippen molar-refractivity contribution >= 4 is 5.91 Å². The summed E-state index contributed by atoms with van der Waals surface area (Å²) in [4.78, 5) is 27.9. The van der Waals surface area contributed by atoms with E-state index in [2.05, 4.69) is 20.5 Å². The predicted octanol–water partition coefficient (Wildman–Crippen LogP) is 0.984. The second-order valence-corrected chi connectivity index (χ2v) is 6.20. The summed E-state index contributed by atoms with van der Waals surface area (Å²) in [6.07, 6.45) is 11.4. The molecule has 0 radical (unpaired) electrons. The van der Waals surface area contributed by atoms with Gasteiger partial charge in [-0.1, -0.05) is 0 Å². The van der Waals surface area contributed by atoms with Gasteiger partial charge in [0.2, 0.25) is 5.91 Å². The van der Waals surface area contributed by atoms with Crippen LogP contribution < -0.4 is 10.9 Å². The van der Waals surface area contributed by atoms with Crippen LogP contribution in [0.3, 0.4) is 0 Å². The van der Waals surface area contributed by atoms with Gasteiger partial charge in [0.05, 0.1) is 18.4 Å². The lowest BCUT2D eigenvalue weighted by Crippen LogP contribution is -2.29. The summed E-state index contributed by atoms with van der Waals surface area (Å²) in [5.74, 6) is -0.0371. The molecule has 128 valence electrons. The maximum atomic E-state index is 12.1. The Balaban J connectivity index is 1.46. The number of aromatic nitrogens is 4. The minimum absolute atomic E-state index is 0.0371. The summed E-state index contributed by atoms with van der Waals surface area (Å²) in [5.41, 5.74) is 2.42. The van der Waals surface area contributed by atoms with Gasteiger partial charge in [-0.2, -0.15) is 5.10 Å². The first-order valence-electron chi connectivity index (χ1n) is 8.56. The molecule has 2 heterocycles. The number of fused-ring (bicyclic) bond motifs is 1. The highest BCUT2D eigenvalue weighted by atomic mass is 16.1. The zero-order valence-corrected chi connectivity index (χ0v) is 13.8. The molecule has 1 aliphatic rings. The largest absolute Gasteiger partial charge is 0.356 e. The predicted molar refractivity (Wildman–Crippen MR) is 89.7 cm³/mol. The smallest absolute Gasteiger partial charge is 0.267 e. The van der Waals surface area contributed by atoms with Crippen molar-refractivity contribution < 1.29 is 4.79 Å². The molecule has 0 fully saturated rings. The Morgan fingerprint density at radius 3 is 2.88 bits per heavy atom. The fraction of sp³-hybridized carbons (Fsp3) is 0.529. The Morgan fingerprint density at radius 1 is 1.25 bits per heavy atom. The highest BCUT2D eigenvalue weighted by molar-refractivity contribution is 5.78. The lowest BCUT2D eigenvalue weighted by atomic mass is 9.91. The number of hydrogen-bond acceptors (Lipinski definition) is 4. The summed E-state index contributed by atoms with van der Waals surface area (Å²) < 4.78 is 2.03. The van der Waals surface area contributed by atoms with E-state index in [1.165, 1.54) is 0 Å². The van der Waals surface area contributed by atoms with E-state index < -0.39 is 0 Å². The van der Waals surface area contributed by atoms with Crippen LogP contribution in [0.2, 0.25) is 0 Å². The number of unbranched alkanes of at least 4 members (excludes halogenated alkanes) is 1. The van der Waals surface area contributed by atoms with Gasteiger partial charge < -0.3 is 9.88 Å². The highest BCUT2D eigenvalue weighted by Crippen LogP contribution is 2.20. The fourth-order valence-corrected chi connectivity index (χ4v) is 3.15. The molecule has 3 rings (SSSR count). The Morgan fingerprint density at radius 2 is 2.08 bits per heavy atom. The number of hydrogen-bond donors (Lipinski definition) is 2. The molecule has 0 atom stereocenters. The number of nitrogens with zero attached hydrogens (tertiary/aromatic N) is 3. The molecule has 1 amide bonds. The number of amides is 1. The third-order valence-corrected chi connectivity index (χ3v) is 4.44. The summed E-state index contributed by atoms with van der Waals surface area (Å²) >= 11 is 0. The molecule has 7 nitrogen and oxygen atoms in total. The van der Waals surface area contributed by atoms with E-state index in [1.54, 1.807) is 12.5 Å². The normalized spacial score (nSPS) is 13.5. The molecule has 0 aliphatic heterocycles. The van der Waals surface area contributed by atoms with E-state index >= 15 is 0 Å². The molecule has 0 spiro atoms. The van der Waals surface area contributed by atoms with Gasteiger partial charge in [-0.25, -0.2) is 10.1 Å². The number of nitrogens with one attached hydrogen (secondary N) is 2. The number of rotatable bonds is 7. The summed E-state index contributed by atoms with van der Waals surface area (Å²) in [6, 6.07) is 0. The molecule has 0 bridgehead atoms. The van der Waals surface area contributed by atoms with Gasteiger partial charge in [0.25, 0.3) is 5.56 Å². The minimum atomic E-state index is -0.103. The van der Waals surface area contributed by atoms with E-state index in [1.807, 2.05) is 10.8 Å². The maximum absolute atomic E-state index is 12.1. The van der Waals surface area contributed by atoms with Gasteiger partial charge >= 0.3 is 0 Å². The Kier molecular flexibility index (Phi) is 5.40. The van der Waals surface area contributed by atoms with E-state index in [0.717, 1.165) is 61.9 Å². The lowest BCUT2D eigenvalue weighted by Gasteiger charge is -2.17. The topological polar surface area (TPSA) is 92.7 Å². The first kappa shape index (κ1) is 16.4. The van der Waals surface area contributed by atoms with Gasteiger partial charge in [-0.05, 0) is 44.1 Å². The van der Waals surface area contributed by atoms with Crippen molar-refractivity contribution in [2.24, 2.45) is 0 Å². The highest BCUT2D eigenvalue weighted by Gasteiger charge is 2.19. The maximum Gasteiger partial charge on any atom is 0.267 e.